The number of anilines is 1. The number of aromatic hydroxyl groups is 1. The Bertz CT molecular complexity index is 1050. The highest BCUT2D eigenvalue weighted by Gasteiger charge is 2.37. The number of aromatic nitrogens is 4. The molecule has 1 aromatic carbocycles. The van der Waals surface area contributed by atoms with Crippen LogP contribution >= 0.6 is 0 Å². The number of allylic oxidation sites excluding steroid dienone is 2. The van der Waals surface area contributed by atoms with E-state index in [1.165, 1.54) is 0 Å². The average molecular weight is 359 g/mol. The molecule has 0 spiro atoms. The molecule has 0 radical (unpaired) electrons. The predicted molar refractivity (Wildman–Crippen MR) is 99.0 cm³/mol. The van der Waals surface area contributed by atoms with E-state index in [1.54, 1.807) is 35.1 Å². The molecule has 0 amide bonds. The number of nitrogens with zero attached hydrogens (tertiary/aromatic N) is 4. The van der Waals surface area contributed by atoms with Crippen LogP contribution < -0.4 is 5.32 Å². The fourth-order valence-corrected chi connectivity index (χ4v) is 3.70. The SMILES string of the molecule is O=C1CCCC2=C1C(c1ccccn1)n1nc(-c3ccc(O)cc3)nc1N2. The summed E-state index contributed by atoms with van der Waals surface area (Å²) in [6, 6.07) is 12.0. The van der Waals surface area contributed by atoms with Gasteiger partial charge in [0.1, 0.15) is 11.8 Å². The second-order valence-corrected chi connectivity index (χ2v) is 6.70. The largest absolute Gasteiger partial charge is 0.508 e. The van der Waals surface area contributed by atoms with Gasteiger partial charge in [-0.15, -0.1) is 5.10 Å². The first kappa shape index (κ1) is 15.7. The molecule has 7 heteroatoms. The minimum atomic E-state index is -0.386. The first-order valence-electron chi connectivity index (χ1n) is 8.91. The van der Waals surface area contributed by atoms with Gasteiger partial charge in [0, 0.05) is 29.5 Å². The third-order valence-electron chi connectivity index (χ3n) is 4.96. The first-order valence-corrected chi connectivity index (χ1v) is 8.91. The second kappa shape index (κ2) is 6.05. The zero-order chi connectivity index (χ0) is 18.4. The maximum absolute atomic E-state index is 12.7. The molecule has 134 valence electrons. The molecule has 27 heavy (non-hydrogen) atoms. The maximum Gasteiger partial charge on any atom is 0.226 e. The summed E-state index contributed by atoms with van der Waals surface area (Å²) >= 11 is 0. The van der Waals surface area contributed by atoms with E-state index in [1.807, 2.05) is 18.2 Å². The Morgan fingerprint density at radius 2 is 1.96 bits per heavy atom. The lowest BCUT2D eigenvalue weighted by Gasteiger charge is -2.31. The van der Waals surface area contributed by atoms with Gasteiger partial charge < -0.3 is 10.4 Å². The molecular weight excluding hydrogens is 342 g/mol. The minimum absolute atomic E-state index is 0.131. The third-order valence-corrected chi connectivity index (χ3v) is 4.96. The van der Waals surface area contributed by atoms with Crippen LogP contribution in [0.2, 0.25) is 0 Å². The summed E-state index contributed by atoms with van der Waals surface area (Å²) in [4.78, 5) is 21.8. The fourth-order valence-electron chi connectivity index (χ4n) is 3.70. The van der Waals surface area contributed by atoms with Crippen LogP contribution in [0.5, 0.6) is 5.75 Å². The Morgan fingerprint density at radius 1 is 1.11 bits per heavy atom. The van der Waals surface area contributed by atoms with Crippen LogP contribution in [-0.2, 0) is 4.79 Å². The van der Waals surface area contributed by atoms with Crippen molar-refractivity contribution in [3.63, 3.8) is 0 Å². The number of benzene rings is 1. The minimum Gasteiger partial charge on any atom is -0.508 e. The molecule has 0 saturated carbocycles. The van der Waals surface area contributed by atoms with E-state index in [-0.39, 0.29) is 17.6 Å². The molecular formula is C20H17N5O2. The summed E-state index contributed by atoms with van der Waals surface area (Å²) in [5, 5.41) is 17.5. The topological polar surface area (TPSA) is 92.9 Å². The molecule has 1 aliphatic carbocycles. The number of ketones is 1. The highest BCUT2D eigenvalue weighted by Crippen LogP contribution is 2.39. The van der Waals surface area contributed by atoms with Gasteiger partial charge in [-0.05, 0) is 49.2 Å². The number of carbonyl (C=O) groups excluding carboxylic acids is 1. The maximum atomic E-state index is 12.7. The summed E-state index contributed by atoms with van der Waals surface area (Å²) in [5.74, 6) is 1.45. The summed E-state index contributed by atoms with van der Waals surface area (Å²) in [6.07, 6.45) is 3.91. The van der Waals surface area contributed by atoms with Gasteiger partial charge in [-0.2, -0.15) is 4.98 Å². The molecule has 0 bridgehead atoms. The average Bonchev–Trinajstić information content (AvgIpc) is 3.11. The van der Waals surface area contributed by atoms with E-state index < -0.39 is 0 Å². The number of phenolic OH excluding ortho intramolecular Hbond substituents is 1. The number of rotatable bonds is 2. The van der Waals surface area contributed by atoms with Gasteiger partial charge in [-0.25, -0.2) is 4.68 Å². The van der Waals surface area contributed by atoms with E-state index in [9.17, 15) is 9.90 Å². The lowest BCUT2D eigenvalue weighted by atomic mass is 9.87. The van der Waals surface area contributed by atoms with Crippen LogP contribution in [0.25, 0.3) is 11.4 Å². The molecule has 1 atom stereocenters. The Kier molecular flexibility index (Phi) is 3.53. The van der Waals surface area contributed by atoms with Crippen LogP contribution in [0.4, 0.5) is 5.95 Å². The first-order chi connectivity index (χ1) is 13.2. The van der Waals surface area contributed by atoms with Crippen molar-refractivity contribution in [2.75, 3.05) is 5.32 Å². The molecule has 3 aromatic rings. The van der Waals surface area contributed by atoms with Crippen molar-refractivity contribution in [2.24, 2.45) is 0 Å². The Labute approximate surface area is 155 Å². The van der Waals surface area contributed by atoms with Crippen LogP contribution in [0.15, 0.2) is 59.9 Å². The van der Waals surface area contributed by atoms with E-state index in [4.69, 9.17) is 0 Å². The zero-order valence-electron chi connectivity index (χ0n) is 14.5. The molecule has 0 saturated heterocycles. The van der Waals surface area contributed by atoms with Crippen molar-refractivity contribution in [3.8, 4) is 17.1 Å². The standard InChI is InChI=1S/C20H17N5O2/c26-13-9-7-12(8-10-13)19-23-20-22-14-5-3-6-16(27)17(14)18(25(20)24-19)15-4-1-2-11-21-15/h1-2,4,7-11,18,26H,3,5-6H2,(H,22,23,24). The number of pyridine rings is 1. The summed E-state index contributed by atoms with van der Waals surface area (Å²) in [5.41, 5.74) is 3.21. The third kappa shape index (κ3) is 2.59. The molecule has 0 fully saturated rings. The quantitative estimate of drug-likeness (QED) is 0.730. The molecule has 2 aliphatic rings. The van der Waals surface area contributed by atoms with Crippen LogP contribution in [0.3, 0.4) is 0 Å². The number of phenols is 1. The molecule has 1 aliphatic heterocycles. The van der Waals surface area contributed by atoms with Crippen molar-refractivity contribution in [1.82, 2.24) is 19.7 Å². The van der Waals surface area contributed by atoms with Crippen LogP contribution in [0, 0.1) is 0 Å². The van der Waals surface area contributed by atoms with Gasteiger partial charge in [0.05, 0.1) is 5.69 Å². The fraction of sp³-hybridized carbons (Fsp3) is 0.200. The smallest absolute Gasteiger partial charge is 0.226 e. The molecule has 2 N–H and O–H groups in total. The highest BCUT2D eigenvalue weighted by atomic mass is 16.3. The van der Waals surface area contributed by atoms with Crippen molar-refractivity contribution in [2.45, 2.75) is 25.3 Å². The molecule has 3 heterocycles. The lowest BCUT2D eigenvalue weighted by Crippen LogP contribution is -2.32. The second-order valence-electron chi connectivity index (χ2n) is 6.70. The van der Waals surface area contributed by atoms with Crippen molar-refractivity contribution < 1.29 is 9.90 Å². The number of nitrogens with one attached hydrogen (secondary N) is 1. The summed E-state index contributed by atoms with van der Waals surface area (Å²) < 4.78 is 1.74. The van der Waals surface area contributed by atoms with Crippen molar-refractivity contribution in [1.29, 1.82) is 0 Å². The number of carbonyl (C=O) groups is 1. The highest BCUT2D eigenvalue weighted by molar-refractivity contribution is 5.99. The zero-order valence-corrected chi connectivity index (χ0v) is 14.5. The predicted octanol–water partition coefficient (Wildman–Crippen LogP) is 3.07. The van der Waals surface area contributed by atoms with Crippen LogP contribution in [-0.4, -0.2) is 30.6 Å². The lowest BCUT2D eigenvalue weighted by molar-refractivity contribution is -0.116. The van der Waals surface area contributed by atoms with E-state index in [2.05, 4.69) is 20.4 Å². The Balaban J connectivity index is 1.67. The van der Waals surface area contributed by atoms with Gasteiger partial charge in [0.15, 0.2) is 11.6 Å². The van der Waals surface area contributed by atoms with E-state index >= 15 is 0 Å². The van der Waals surface area contributed by atoms with Gasteiger partial charge in [0.2, 0.25) is 5.95 Å². The van der Waals surface area contributed by atoms with Gasteiger partial charge >= 0.3 is 0 Å². The molecule has 5 rings (SSSR count). The number of hydrogen-bond acceptors (Lipinski definition) is 6. The van der Waals surface area contributed by atoms with Crippen molar-refractivity contribution in [3.05, 3.63) is 65.6 Å². The van der Waals surface area contributed by atoms with Gasteiger partial charge in [-0.1, -0.05) is 6.07 Å². The van der Waals surface area contributed by atoms with E-state index in [0.717, 1.165) is 35.4 Å². The monoisotopic (exact) mass is 359 g/mol. The van der Waals surface area contributed by atoms with Crippen molar-refractivity contribution >= 4 is 11.7 Å². The Hall–Kier alpha value is -3.48. The molecule has 2 aromatic heterocycles. The van der Waals surface area contributed by atoms with E-state index in [0.29, 0.717) is 18.2 Å². The normalized spacial score (nSPS) is 18.7. The Morgan fingerprint density at radius 3 is 2.74 bits per heavy atom. The van der Waals surface area contributed by atoms with Gasteiger partial charge in [0.25, 0.3) is 0 Å². The number of fused-ring (bicyclic) bond motifs is 1. The van der Waals surface area contributed by atoms with Crippen LogP contribution in [0.1, 0.15) is 31.0 Å². The molecule has 7 nitrogen and oxygen atoms in total. The number of Topliss-reactive ketones (excluding diaryl/α,β-unsaturated/α-hetero) is 1. The summed E-state index contributed by atoms with van der Waals surface area (Å²) in [7, 11) is 0. The summed E-state index contributed by atoms with van der Waals surface area (Å²) in [6.45, 7) is 0. The number of hydrogen-bond donors (Lipinski definition) is 2. The molecule has 1 unspecified atom stereocenters. The van der Waals surface area contributed by atoms with Gasteiger partial charge in [-0.3, -0.25) is 9.78 Å².